The van der Waals surface area contributed by atoms with Crippen molar-refractivity contribution in [3.63, 3.8) is 0 Å². The number of hydrogen-bond acceptors (Lipinski definition) is 4. The monoisotopic (exact) mass is 198 g/mol. The highest BCUT2D eigenvalue weighted by Gasteiger charge is 2.46. The minimum Gasteiger partial charge on any atom is -0.465 e. The highest BCUT2D eigenvalue weighted by molar-refractivity contribution is 5.76. The predicted octanol–water partition coefficient (Wildman–Crippen LogP) is -0.125. The lowest BCUT2D eigenvalue weighted by Crippen LogP contribution is -2.37. The Balaban J connectivity index is 1.99. The molecule has 1 saturated carbocycles. The molecule has 2 rings (SSSR count). The van der Waals surface area contributed by atoms with E-state index in [-0.39, 0.29) is 18.1 Å². The second kappa shape index (κ2) is 3.87. The molecule has 0 unspecified atom stereocenters. The lowest BCUT2D eigenvalue weighted by atomic mass is 9.93. The summed E-state index contributed by atoms with van der Waals surface area (Å²) in [6, 6.07) is 0.167. The van der Waals surface area contributed by atoms with Gasteiger partial charge in [0.15, 0.2) is 0 Å². The SMILES string of the molecule is CCOC(=O)[C@@H]1NC[C@@H]2[C@H]1CC[C@@H]2N. The molecule has 0 radical (unpaired) electrons. The number of esters is 1. The smallest absolute Gasteiger partial charge is 0.323 e. The number of ether oxygens (including phenoxy) is 1. The van der Waals surface area contributed by atoms with E-state index in [1.54, 1.807) is 0 Å². The number of rotatable bonds is 2. The average molecular weight is 198 g/mol. The molecule has 2 aliphatic rings. The Labute approximate surface area is 84.2 Å². The summed E-state index contributed by atoms with van der Waals surface area (Å²) in [5.74, 6) is 0.780. The van der Waals surface area contributed by atoms with E-state index in [0.717, 1.165) is 19.4 Å². The van der Waals surface area contributed by atoms with Gasteiger partial charge >= 0.3 is 5.97 Å². The van der Waals surface area contributed by atoms with Crippen LogP contribution in [0.3, 0.4) is 0 Å². The Morgan fingerprint density at radius 1 is 1.50 bits per heavy atom. The van der Waals surface area contributed by atoms with Gasteiger partial charge in [0.25, 0.3) is 0 Å². The zero-order valence-corrected chi connectivity index (χ0v) is 8.53. The van der Waals surface area contributed by atoms with Crippen LogP contribution in [0.25, 0.3) is 0 Å². The van der Waals surface area contributed by atoms with Gasteiger partial charge in [-0.15, -0.1) is 0 Å². The molecule has 0 aromatic carbocycles. The van der Waals surface area contributed by atoms with Crippen molar-refractivity contribution in [3.05, 3.63) is 0 Å². The number of carbonyl (C=O) groups excluding carboxylic acids is 1. The molecular weight excluding hydrogens is 180 g/mol. The normalized spacial score (nSPS) is 41.0. The standard InChI is InChI=1S/C10H18N2O2/c1-2-14-10(13)9-6-3-4-8(11)7(6)5-12-9/h6-9,12H,2-5,11H2,1H3/t6-,7-,8+,9-/m1/s1. The highest BCUT2D eigenvalue weighted by Crippen LogP contribution is 2.37. The summed E-state index contributed by atoms with van der Waals surface area (Å²) in [7, 11) is 0. The summed E-state index contributed by atoms with van der Waals surface area (Å²) in [5.41, 5.74) is 5.96. The van der Waals surface area contributed by atoms with Gasteiger partial charge in [-0.1, -0.05) is 0 Å². The van der Waals surface area contributed by atoms with Gasteiger partial charge in [0.05, 0.1) is 6.61 Å². The number of hydrogen-bond donors (Lipinski definition) is 2. The van der Waals surface area contributed by atoms with Crippen molar-refractivity contribution in [3.8, 4) is 0 Å². The van der Waals surface area contributed by atoms with E-state index in [9.17, 15) is 4.79 Å². The van der Waals surface area contributed by atoms with Crippen molar-refractivity contribution >= 4 is 5.97 Å². The average Bonchev–Trinajstić information content (AvgIpc) is 2.69. The molecule has 4 atom stereocenters. The lowest BCUT2D eigenvalue weighted by molar-refractivity contribution is -0.146. The van der Waals surface area contributed by atoms with Crippen molar-refractivity contribution in [2.45, 2.75) is 31.8 Å². The molecule has 14 heavy (non-hydrogen) atoms. The molecule has 3 N–H and O–H groups in total. The third-order valence-electron chi connectivity index (χ3n) is 3.48. The number of nitrogens with one attached hydrogen (secondary N) is 1. The number of nitrogens with two attached hydrogens (primary N) is 1. The van der Waals surface area contributed by atoms with Crippen molar-refractivity contribution in [1.29, 1.82) is 0 Å². The van der Waals surface area contributed by atoms with Gasteiger partial charge in [-0.3, -0.25) is 4.79 Å². The highest BCUT2D eigenvalue weighted by atomic mass is 16.5. The molecule has 0 bridgehead atoms. The van der Waals surface area contributed by atoms with Crippen LogP contribution in [0.15, 0.2) is 0 Å². The number of carbonyl (C=O) groups is 1. The molecule has 4 nitrogen and oxygen atoms in total. The van der Waals surface area contributed by atoms with Crippen molar-refractivity contribution < 1.29 is 9.53 Å². The fraction of sp³-hybridized carbons (Fsp3) is 0.900. The van der Waals surface area contributed by atoms with Crippen LogP contribution in [0.1, 0.15) is 19.8 Å². The van der Waals surface area contributed by atoms with E-state index in [4.69, 9.17) is 10.5 Å². The summed E-state index contributed by atoms with van der Waals surface area (Å²) in [6.07, 6.45) is 2.11. The summed E-state index contributed by atoms with van der Waals surface area (Å²) in [5, 5.41) is 3.22. The second-order valence-electron chi connectivity index (χ2n) is 4.21. The van der Waals surface area contributed by atoms with Gasteiger partial charge in [0.1, 0.15) is 6.04 Å². The van der Waals surface area contributed by atoms with E-state index >= 15 is 0 Å². The molecule has 0 aromatic heterocycles. The van der Waals surface area contributed by atoms with Gasteiger partial charge < -0.3 is 15.8 Å². The van der Waals surface area contributed by atoms with Crippen LogP contribution < -0.4 is 11.1 Å². The van der Waals surface area contributed by atoms with Gasteiger partial charge in [-0.05, 0) is 31.6 Å². The zero-order valence-electron chi connectivity index (χ0n) is 8.53. The fourth-order valence-corrected chi connectivity index (χ4v) is 2.75. The van der Waals surface area contributed by atoms with Gasteiger partial charge in [0.2, 0.25) is 0 Å². The first-order valence-electron chi connectivity index (χ1n) is 5.39. The first kappa shape index (κ1) is 9.93. The van der Waals surface area contributed by atoms with E-state index in [1.165, 1.54) is 0 Å². The summed E-state index contributed by atoms with van der Waals surface area (Å²) in [6.45, 7) is 3.17. The third kappa shape index (κ3) is 1.53. The molecule has 0 spiro atoms. The molecule has 1 heterocycles. The Kier molecular flexibility index (Phi) is 2.74. The van der Waals surface area contributed by atoms with Crippen LogP contribution in [0.2, 0.25) is 0 Å². The first-order chi connectivity index (χ1) is 6.74. The maximum absolute atomic E-state index is 11.6. The summed E-state index contributed by atoms with van der Waals surface area (Å²) in [4.78, 5) is 11.6. The fourth-order valence-electron chi connectivity index (χ4n) is 2.75. The topological polar surface area (TPSA) is 64.3 Å². The zero-order chi connectivity index (χ0) is 10.1. The molecule has 0 amide bonds. The third-order valence-corrected chi connectivity index (χ3v) is 3.48. The lowest BCUT2D eigenvalue weighted by Gasteiger charge is -2.16. The summed E-state index contributed by atoms with van der Waals surface area (Å²) < 4.78 is 5.03. The van der Waals surface area contributed by atoms with Gasteiger partial charge in [-0.25, -0.2) is 0 Å². The van der Waals surface area contributed by atoms with Crippen LogP contribution in [0.5, 0.6) is 0 Å². The first-order valence-corrected chi connectivity index (χ1v) is 5.39. The molecule has 0 aromatic rings. The largest absolute Gasteiger partial charge is 0.465 e. The minimum absolute atomic E-state index is 0.103. The van der Waals surface area contributed by atoms with E-state index < -0.39 is 0 Å². The molecule has 1 aliphatic carbocycles. The Morgan fingerprint density at radius 3 is 3.00 bits per heavy atom. The molecule has 1 saturated heterocycles. The predicted molar refractivity (Wildman–Crippen MR) is 52.6 cm³/mol. The van der Waals surface area contributed by atoms with E-state index in [2.05, 4.69) is 5.32 Å². The van der Waals surface area contributed by atoms with Crippen molar-refractivity contribution in [2.75, 3.05) is 13.2 Å². The maximum atomic E-state index is 11.6. The Bertz CT molecular complexity index is 232. The maximum Gasteiger partial charge on any atom is 0.323 e. The summed E-state index contributed by atoms with van der Waals surface area (Å²) >= 11 is 0. The van der Waals surface area contributed by atoms with Crippen LogP contribution in [-0.4, -0.2) is 31.2 Å². The van der Waals surface area contributed by atoms with Crippen LogP contribution in [0, 0.1) is 11.8 Å². The minimum atomic E-state index is -0.103. The molecule has 1 aliphatic heterocycles. The molecule has 80 valence electrons. The van der Waals surface area contributed by atoms with Gasteiger partial charge in [-0.2, -0.15) is 0 Å². The van der Waals surface area contributed by atoms with E-state index in [0.29, 0.717) is 18.4 Å². The molecule has 2 fully saturated rings. The van der Waals surface area contributed by atoms with E-state index in [1.807, 2.05) is 6.92 Å². The van der Waals surface area contributed by atoms with Crippen molar-refractivity contribution in [2.24, 2.45) is 17.6 Å². The van der Waals surface area contributed by atoms with Crippen LogP contribution >= 0.6 is 0 Å². The number of fused-ring (bicyclic) bond motifs is 1. The molecular formula is C10H18N2O2. The van der Waals surface area contributed by atoms with Gasteiger partial charge in [0, 0.05) is 12.6 Å². The Hall–Kier alpha value is -0.610. The van der Waals surface area contributed by atoms with Crippen molar-refractivity contribution in [1.82, 2.24) is 5.32 Å². The van der Waals surface area contributed by atoms with Crippen LogP contribution in [0.4, 0.5) is 0 Å². The second-order valence-corrected chi connectivity index (χ2v) is 4.21. The quantitative estimate of drug-likeness (QED) is 0.607. The van der Waals surface area contributed by atoms with Crippen LogP contribution in [-0.2, 0) is 9.53 Å². The Morgan fingerprint density at radius 2 is 2.29 bits per heavy atom. The molecule has 4 heteroatoms.